The number of amides is 1. The number of hydrogen-bond donors (Lipinski definition) is 1. The summed E-state index contributed by atoms with van der Waals surface area (Å²) < 4.78 is 20.3. The molecule has 2 aromatic carbocycles. The summed E-state index contributed by atoms with van der Waals surface area (Å²) in [6, 6.07) is 14.0. The van der Waals surface area contributed by atoms with Crippen LogP contribution in [0.3, 0.4) is 0 Å². The van der Waals surface area contributed by atoms with E-state index in [1.54, 1.807) is 16.8 Å². The highest BCUT2D eigenvalue weighted by Gasteiger charge is 2.17. The number of hydrogen-bond acceptors (Lipinski definition) is 4. The van der Waals surface area contributed by atoms with Crippen LogP contribution in [-0.2, 0) is 11.3 Å². The van der Waals surface area contributed by atoms with E-state index in [1.165, 1.54) is 17.7 Å². The van der Waals surface area contributed by atoms with Crippen molar-refractivity contribution in [3.8, 4) is 11.4 Å². The quantitative estimate of drug-likeness (QED) is 0.586. The summed E-state index contributed by atoms with van der Waals surface area (Å²) >= 11 is 0. The smallest absolute Gasteiger partial charge is 0.234 e. The number of benzene rings is 2. The Hall–Kier alpha value is -3.45. The first-order valence-electron chi connectivity index (χ1n) is 10.8. The van der Waals surface area contributed by atoms with Crippen LogP contribution in [0.15, 0.2) is 67.0 Å². The van der Waals surface area contributed by atoms with Crippen LogP contribution in [0, 0.1) is 5.82 Å². The SMILES string of the molecule is CCOc1ccc(CNC(=O)CN2CC=C(c3cnn(-c4ccc(F)cc4)c3)CC2)cc1. The predicted octanol–water partition coefficient (Wildman–Crippen LogP) is 3.82. The molecule has 0 saturated carbocycles. The van der Waals surface area contributed by atoms with E-state index in [0.717, 1.165) is 35.5 Å². The molecule has 7 heteroatoms. The normalized spacial score (nSPS) is 14.1. The lowest BCUT2D eigenvalue weighted by Crippen LogP contribution is -2.39. The van der Waals surface area contributed by atoms with Gasteiger partial charge in [0.2, 0.25) is 5.91 Å². The second kappa shape index (κ2) is 10.2. The molecule has 0 radical (unpaired) electrons. The van der Waals surface area contributed by atoms with Crippen LogP contribution in [0.1, 0.15) is 24.5 Å². The van der Waals surface area contributed by atoms with Gasteiger partial charge in [-0.2, -0.15) is 5.10 Å². The van der Waals surface area contributed by atoms with Crippen molar-refractivity contribution >= 4 is 11.5 Å². The summed E-state index contributed by atoms with van der Waals surface area (Å²) in [5.74, 6) is 0.585. The molecule has 1 amide bonds. The molecule has 0 bridgehead atoms. The average Bonchev–Trinajstić information content (AvgIpc) is 3.30. The lowest BCUT2D eigenvalue weighted by atomic mass is 10.0. The van der Waals surface area contributed by atoms with Gasteiger partial charge in [-0.05, 0) is 60.9 Å². The third kappa shape index (κ3) is 5.62. The minimum Gasteiger partial charge on any atom is -0.494 e. The lowest BCUT2D eigenvalue weighted by Gasteiger charge is -2.25. The first-order chi connectivity index (χ1) is 15.6. The predicted molar refractivity (Wildman–Crippen MR) is 122 cm³/mol. The maximum absolute atomic E-state index is 13.1. The molecule has 1 aliphatic rings. The topological polar surface area (TPSA) is 59.4 Å². The highest BCUT2D eigenvalue weighted by atomic mass is 19.1. The fourth-order valence-electron chi connectivity index (χ4n) is 3.67. The Kier molecular flexibility index (Phi) is 6.97. The van der Waals surface area contributed by atoms with Crippen molar-refractivity contribution in [2.45, 2.75) is 19.9 Å². The number of halogens is 1. The van der Waals surface area contributed by atoms with E-state index < -0.39 is 0 Å². The fourth-order valence-corrected chi connectivity index (χ4v) is 3.67. The van der Waals surface area contributed by atoms with Gasteiger partial charge in [-0.15, -0.1) is 0 Å². The summed E-state index contributed by atoms with van der Waals surface area (Å²) in [5, 5.41) is 7.38. The van der Waals surface area contributed by atoms with Gasteiger partial charge in [0.05, 0.1) is 25.0 Å². The van der Waals surface area contributed by atoms with Crippen LogP contribution in [0.25, 0.3) is 11.3 Å². The molecule has 1 aromatic heterocycles. The van der Waals surface area contributed by atoms with E-state index in [-0.39, 0.29) is 11.7 Å². The van der Waals surface area contributed by atoms with Crippen molar-refractivity contribution in [1.82, 2.24) is 20.0 Å². The second-order valence-electron chi connectivity index (χ2n) is 7.72. The monoisotopic (exact) mass is 434 g/mol. The zero-order chi connectivity index (χ0) is 22.3. The summed E-state index contributed by atoms with van der Waals surface area (Å²) in [6.07, 6.45) is 6.78. The van der Waals surface area contributed by atoms with Crippen LogP contribution in [0.4, 0.5) is 4.39 Å². The number of aromatic nitrogens is 2. The summed E-state index contributed by atoms with van der Waals surface area (Å²) in [4.78, 5) is 14.5. The highest BCUT2D eigenvalue weighted by molar-refractivity contribution is 5.78. The molecule has 0 unspecified atom stereocenters. The van der Waals surface area contributed by atoms with E-state index in [0.29, 0.717) is 26.2 Å². The minimum absolute atomic E-state index is 0.0138. The van der Waals surface area contributed by atoms with Crippen LogP contribution in [0.2, 0.25) is 0 Å². The van der Waals surface area contributed by atoms with E-state index >= 15 is 0 Å². The zero-order valence-corrected chi connectivity index (χ0v) is 18.1. The number of nitrogens with one attached hydrogen (secondary N) is 1. The molecule has 3 aromatic rings. The molecule has 6 nitrogen and oxygen atoms in total. The van der Waals surface area contributed by atoms with Crippen LogP contribution < -0.4 is 10.1 Å². The van der Waals surface area contributed by atoms with E-state index in [9.17, 15) is 9.18 Å². The first kappa shape index (κ1) is 21.8. The first-order valence-corrected chi connectivity index (χ1v) is 10.8. The molecule has 1 aliphatic heterocycles. The number of nitrogens with zero attached hydrogens (tertiary/aromatic N) is 3. The molecular weight excluding hydrogens is 407 g/mol. The van der Waals surface area contributed by atoms with Crippen LogP contribution >= 0.6 is 0 Å². The maximum Gasteiger partial charge on any atom is 0.234 e. The third-order valence-corrected chi connectivity index (χ3v) is 5.43. The molecular formula is C25H27FN4O2. The molecule has 166 valence electrons. The molecule has 0 aliphatic carbocycles. The largest absolute Gasteiger partial charge is 0.494 e. The van der Waals surface area contributed by atoms with Gasteiger partial charge in [0.1, 0.15) is 11.6 Å². The van der Waals surface area contributed by atoms with Gasteiger partial charge in [0.25, 0.3) is 0 Å². The lowest BCUT2D eigenvalue weighted by molar-refractivity contribution is -0.122. The van der Waals surface area contributed by atoms with E-state index in [4.69, 9.17) is 4.74 Å². The number of ether oxygens (including phenoxy) is 1. The van der Waals surface area contributed by atoms with Gasteiger partial charge in [0.15, 0.2) is 0 Å². The Morgan fingerprint density at radius 3 is 2.62 bits per heavy atom. The zero-order valence-electron chi connectivity index (χ0n) is 18.1. The van der Waals surface area contributed by atoms with Gasteiger partial charge in [-0.3, -0.25) is 9.69 Å². The maximum atomic E-state index is 13.1. The van der Waals surface area contributed by atoms with E-state index in [1.807, 2.05) is 43.6 Å². The van der Waals surface area contributed by atoms with Crippen molar-refractivity contribution in [2.75, 3.05) is 26.2 Å². The second-order valence-corrected chi connectivity index (χ2v) is 7.72. The fraction of sp³-hybridized carbons (Fsp3) is 0.280. The van der Waals surface area contributed by atoms with Gasteiger partial charge in [-0.25, -0.2) is 9.07 Å². The molecule has 4 rings (SSSR count). The third-order valence-electron chi connectivity index (χ3n) is 5.43. The standard InChI is InChI=1S/C25H27FN4O2/c1-2-32-24-9-3-19(4-10-24)15-27-25(31)18-29-13-11-20(12-14-29)21-16-28-30(17-21)23-7-5-22(26)6-8-23/h3-11,16-17H,2,12-15,18H2,1H3,(H,27,31). The van der Waals surface area contributed by atoms with Crippen molar-refractivity contribution in [1.29, 1.82) is 0 Å². The van der Waals surface area contributed by atoms with Crippen LogP contribution in [-0.4, -0.2) is 46.8 Å². The molecule has 0 spiro atoms. The molecule has 32 heavy (non-hydrogen) atoms. The molecule has 0 fully saturated rings. The number of carbonyl (C=O) groups excluding carboxylic acids is 1. The molecule has 0 saturated heterocycles. The number of rotatable bonds is 8. The molecule has 0 atom stereocenters. The Morgan fingerprint density at radius 2 is 1.94 bits per heavy atom. The Bertz CT molecular complexity index is 1070. The summed E-state index contributed by atoms with van der Waals surface area (Å²) in [7, 11) is 0. The summed E-state index contributed by atoms with van der Waals surface area (Å²) in [6.45, 7) is 4.99. The average molecular weight is 435 g/mol. The van der Waals surface area contributed by atoms with Crippen molar-refractivity contribution in [3.63, 3.8) is 0 Å². The van der Waals surface area contributed by atoms with Gasteiger partial charge >= 0.3 is 0 Å². The highest BCUT2D eigenvalue weighted by Crippen LogP contribution is 2.23. The van der Waals surface area contributed by atoms with Gasteiger partial charge < -0.3 is 10.1 Å². The van der Waals surface area contributed by atoms with Crippen molar-refractivity contribution in [3.05, 3.63) is 83.9 Å². The van der Waals surface area contributed by atoms with Gasteiger partial charge in [-0.1, -0.05) is 18.2 Å². The minimum atomic E-state index is -0.264. The van der Waals surface area contributed by atoms with Crippen molar-refractivity contribution < 1.29 is 13.9 Å². The Labute approximate surface area is 187 Å². The van der Waals surface area contributed by atoms with Gasteiger partial charge in [0, 0.05) is 31.4 Å². The number of carbonyl (C=O) groups is 1. The Morgan fingerprint density at radius 1 is 1.16 bits per heavy atom. The summed E-state index contributed by atoms with van der Waals surface area (Å²) in [5.41, 5.74) is 4.12. The van der Waals surface area contributed by atoms with E-state index in [2.05, 4.69) is 21.4 Å². The molecule has 1 N–H and O–H groups in total. The van der Waals surface area contributed by atoms with Crippen LogP contribution in [0.5, 0.6) is 5.75 Å². The Balaban J connectivity index is 1.26. The molecule has 2 heterocycles. The van der Waals surface area contributed by atoms with Crippen molar-refractivity contribution in [2.24, 2.45) is 0 Å².